The molecular weight excluding hydrogens is 422 g/mol. The first kappa shape index (κ1) is 23.2. The molecule has 1 amide bonds. The van der Waals surface area contributed by atoms with E-state index in [2.05, 4.69) is 26.4 Å². The molecule has 3 rings (SSSR count). The van der Waals surface area contributed by atoms with E-state index in [0.29, 0.717) is 23.8 Å². The molecule has 2 aromatic carbocycles. The van der Waals surface area contributed by atoms with Gasteiger partial charge in [-0.05, 0) is 67.0 Å². The van der Waals surface area contributed by atoms with Crippen LogP contribution in [0.1, 0.15) is 28.8 Å². The maximum absolute atomic E-state index is 12.5. The first-order valence-corrected chi connectivity index (χ1v) is 10.9. The molecule has 0 radical (unpaired) electrons. The number of thiocarbonyl (C=S) groups is 1. The number of nitrogens with one attached hydrogen (secondary N) is 4. The molecule has 0 aliphatic carbocycles. The molecule has 0 fully saturated rings. The molecule has 3 aromatic rings. The lowest BCUT2D eigenvalue weighted by molar-refractivity contribution is 0.0300. The molecule has 0 aliphatic heterocycles. The van der Waals surface area contributed by atoms with Gasteiger partial charge in [-0.25, -0.2) is 5.48 Å². The molecule has 4 N–H and O–H groups in total. The van der Waals surface area contributed by atoms with Gasteiger partial charge in [-0.1, -0.05) is 30.3 Å². The highest BCUT2D eigenvalue weighted by atomic mass is 32.1. The van der Waals surface area contributed by atoms with Gasteiger partial charge in [0, 0.05) is 36.9 Å². The molecule has 0 atom stereocenters. The Labute approximate surface area is 193 Å². The number of para-hydroxylation sites is 2. The van der Waals surface area contributed by atoms with Crippen LogP contribution in [0.25, 0.3) is 0 Å². The number of benzene rings is 2. The molecule has 0 bridgehead atoms. The summed E-state index contributed by atoms with van der Waals surface area (Å²) in [6.07, 6.45) is 5.12. The van der Waals surface area contributed by atoms with Crippen molar-refractivity contribution < 1.29 is 9.63 Å². The molecule has 0 unspecified atom stereocenters. The number of hydrogen-bond donors (Lipinski definition) is 4. The van der Waals surface area contributed by atoms with Crippen LogP contribution >= 0.6 is 12.2 Å². The lowest BCUT2D eigenvalue weighted by Crippen LogP contribution is -2.29. The summed E-state index contributed by atoms with van der Waals surface area (Å²) in [6.45, 7) is 1.73. The lowest BCUT2D eigenvalue weighted by atomic mass is 10.1. The molecule has 32 heavy (non-hydrogen) atoms. The first-order chi connectivity index (χ1) is 15.7. The third-order valence-electron chi connectivity index (χ3n) is 4.56. The molecule has 0 saturated carbocycles. The smallest absolute Gasteiger partial charge is 0.276 e. The molecule has 1 heterocycles. The number of carbonyl (C=O) groups is 1. The number of hydroxylamine groups is 1. The molecule has 8 heteroatoms. The van der Waals surface area contributed by atoms with Gasteiger partial charge in [-0.15, -0.1) is 0 Å². The zero-order valence-electron chi connectivity index (χ0n) is 17.7. The average Bonchev–Trinajstić information content (AvgIpc) is 2.83. The Bertz CT molecular complexity index is 986. The van der Waals surface area contributed by atoms with Crippen molar-refractivity contribution in [3.8, 4) is 0 Å². The van der Waals surface area contributed by atoms with Crippen molar-refractivity contribution in [1.29, 1.82) is 0 Å². The fourth-order valence-corrected chi connectivity index (χ4v) is 3.12. The van der Waals surface area contributed by atoms with Crippen LogP contribution in [0.3, 0.4) is 0 Å². The zero-order chi connectivity index (χ0) is 22.4. The predicted molar refractivity (Wildman–Crippen MR) is 131 cm³/mol. The minimum atomic E-state index is -0.283. The molecule has 1 aromatic heterocycles. The van der Waals surface area contributed by atoms with Crippen LogP contribution in [-0.4, -0.2) is 29.2 Å². The molecule has 166 valence electrons. The quantitative estimate of drug-likeness (QED) is 0.199. The van der Waals surface area contributed by atoms with Crippen molar-refractivity contribution in [2.75, 3.05) is 23.8 Å². The average molecular weight is 450 g/mol. The number of pyridine rings is 1. The van der Waals surface area contributed by atoms with E-state index in [1.54, 1.807) is 18.5 Å². The van der Waals surface area contributed by atoms with Crippen LogP contribution in [0.5, 0.6) is 0 Å². The van der Waals surface area contributed by atoms with Gasteiger partial charge in [-0.2, -0.15) is 0 Å². The van der Waals surface area contributed by atoms with Gasteiger partial charge in [0.05, 0.1) is 12.2 Å². The van der Waals surface area contributed by atoms with Gasteiger partial charge in [0.2, 0.25) is 0 Å². The highest BCUT2D eigenvalue weighted by Crippen LogP contribution is 2.16. The van der Waals surface area contributed by atoms with Crippen LogP contribution in [0.2, 0.25) is 0 Å². The monoisotopic (exact) mass is 449 g/mol. The lowest BCUT2D eigenvalue weighted by Gasteiger charge is -2.12. The Morgan fingerprint density at radius 2 is 1.69 bits per heavy atom. The number of hydrogen-bond acceptors (Lipinski definition) is 5. The first-order valence-electron chi connectivity index (χ1n) is 10.5. The highest BCUT2D eigenvalue weighted by molar-refractivity contribution is 7.80. The van der Waals surface area contributed by atoms with Crippen LogP contribution < -0.4 is 21.4 Å². The van der Waals surface area contributed by atoms with Crippen LogP contribution in [-0.2, 0) is 11.4 Å². The number of amides is 1. The van der Waals surface area contributed by atoms with Gasteiger partial charge in [0.25, 0.3) is 5.91 Å². The summed E-state index contributed by atoms with van der Waals surface area (Å²) in [5.74, 6) is -0.283. The zero-order valence-corrected chi connectivity index (χ0v) is 18.5. The molecule has 7 nitrogen and oxygen atoms in total. The summed E-state index contributed by atoms with van der Waals surface area (Å²) in [7, 11) is 0. The standard InChI is InChI=1S/C24H27N5O2S/c30-23(21-10-4-5-11-22(21)27-18-19-12-15-25-16-13-19)29-31-17-7-6-14-26-24(32)28-20-8-2-1-3-9-20/h1-5,8-13,15-16,27H,6-7,14,17-18H2,(H,29,30)(H2,26,28,32). The normalized spacial score (nSPS) is 10.2. The van der Waals surface area contributed by atoms with Crippen molar-refractivity contribution in [3.63, 3.8) is 0 Å². The van der Waals surface area contributed by atoms with Crippen molar-refractivity contribution in [2.45, 2.75) is 19.4 Å². The maximum Gasteiger partial charge on any atom is 0.276 e. The van der Waals surface area contributed by atoms with Crippen molar-refractivity contribution in [1.82, 2.24) is 15.8 Å². The molecular formula is C24H27N5O2S. The van der Waals surface area contributed by atoms with E-state index in [1.807, 2.05) is 60.7 Å². The second-order valence-corrected chi connectivity index (χ2v) is 7.40. The third kappa shape index (κ3) is 7.98. The molecule has 0 aliphatic rings. The summed E-state index contributed by atoms with van der Waals surface area (Å²) >= 11 is 5.27. The minimum Gasteiger partial charge on any atom is -0.380 e. The Morgan fingerprint density at radius 1 is 0.938 bits per heavy atom. The topological polar surface area (TPSA) is 87.3 Å². The van der Waals surface area contributed by atoms with Gasteiger partial charge >= 0.3 is 0 Å². The summed E-state index contributed by atoms with van der Waals surface area (Å²) < 4.78 is 0. The van der Waals surface area contributed by atoms with E-state index in [0.717, 1.165) is 36.3 Å². The number of unbranched alkanes of at least 4 members (excludes halogenated alkanes) is 1. The largest absolute Gasteiger partial charge is 0.380 e. The fourth-order valence-electron chi connectivity index (χ4n) is 2.90. The number of carbonyl (C=O) groups excluding carboxylic acids is 1. The third-order valence-corrected chi connectivity index (χ3v) is 4.81. The fraction of sp³-hybridized carbons (Fsp3) is 0.208. The second-order valence-electron chi connectivity index (χ2n) is 6.99. The van der Waals surface area contributed by atoms with E-state index in [9.17, 15) is 4.79 Å². The molecule has 0 spiro atoms. The van der Waals surface area contributed by atoms with E-state index in [4.69, 9.17) is 17.1 Å². The number of nitrogens with zero attached hydrogens (tertiary/aromatic N) is 1. The highest BCUT2D eigenvalue weighted by Gasteiger charge is 2.10. The van der Waals surface area contributed by atoms with Crippen molar-refractivity contribution in [3.05, 3.63) is 90.3 Å². The summed E-state index contributed by atoms with van der Waals surface area (Å²) in [6, 6.07) is 21.0. The Kier molecular flexibility index (Phi) is 9.44. The summed E-state index contributed by atoms with van der Waals surface area (Å²) in [4.78, 5) is 21.9. The van der Waals surface area contributed by atoms with Crippen LogP contribution in [0.4, 0.5) is 11.4 Å². The second kappa shape index (κ2) is 13.0. The van der Waals surface area contributed by atoms with E-state index >= 15 is 0 Å². The van der Waals surface area contributed by atoms with Crippen molar-refractivity contribution >= 4 is 34.6 Å². The summed E-state index contributed by atoms with van der Waals surface area (Å²) in [5.41, 5.74) is 5.83. The van der Waals surface area contributed by atoms with Gasteiger partial charge in [0.1, 0.15) is 0 Å². The predicted octanol–water partition coefficient (Wildman–Crippen LogP) is 4.12. The van der Waals surface area contributed by atoms with Crippen LogP contribution in [0.15, 0.2) is 79.1 Å². The van der Waals surface area contributed by atoms with Crippen LogP contribution in [0, 0.1) is 0 Å². The van der Waals surface area contributed by atoms with Gasteiger partial charge in [0.15, 0.2) is 5.11 Å². The molecule has 0 saturated heterocycles. The number of rotatable bonds is 11. The van der Waals surface area contributed by atoms with E-state index in [-0.39, 0.29) is 5.91 Å². The van der Waals surface area contributed by atoms with Gasteiger partial charge < -0.3 is 16.0 Å². The number of anilines is 2. The van der Waals surface area contributed by atoms with Crippen molar-refractivity contribution in [2.24, 2.45) is 0 Å². The van der Waals surface area contributed by atoms with Gasteiger partial charge in [-0.3, -0.25) is 14.6 Å². The maximum atomic E-state index is 12.5. The minimum absolute atomic E-state index is 0.283. The Hall–Kier alpha value is -3.49. The number of aromatic nitrogens is 1. The Balaban J connectivity index is 1.31. The van der Waals surface area contributed by atoms with E-state index in [1.165, 1.54) is 0 Å². The summed E-state index contributed by atoms with van der Waals surface area (Å²) in [5, 5.41) is 10.2. The van der Waals surface area contributed by atoms with E-state index < -0.39 is 0 Å². The SMILES string of the molecule is O=C(NOCCCCNC(=S)Nc1ccccc1)c1ccccc1NCc1ccncc1. The Morgan fingerprint density at radius 3 is 2.50 bits per heavy atom.